The van der Waals surface area contributed by atoms with Crippen LogP contribution in [0.2, 0.25) is 0 Å². The molecule has 0 aliphatic carbocycles. The van der Waals surface area contributed by atoms with E-state index in [0.29, 0.717) is 34.1 Å². The van der Waals surface area contributed by atoms with Crippen LogP contribution in [0.4, 0.5) is 10.8 Å². The molecule has 0 radical (unpaired) electrons. The summed E-state index contributed by atoms with van der Waals surface area (Å²) in [5.74, 6) is 3.04. The Morgan fingerprint density at radius 3 is 2.45 bits per heavy atom. The van der Waals surface area contributed by atoms with Crippen molar-refractivity contribution in [3.8, 4) is 28.6 Å². The van der Waals surface area contributed by atoms with Crippen molar-refractivity contribution in [2.75, 3.05) is 45.9 Å². The highest BCUT2D eigenvalue weighted by atomic mass is 32.1. The molecule has 162 valence electrons. The topological polar surface area (TPSA) is 73.1 Å². The van der Waals surface area contributed by atoms with Gasteiger partial charge in [-0.1, -0.05) is 0 Å². The molecule has 1 fully saturated rings. The highest BCUT2D eigenvalue weighted by Gasteiger charge is 2.25. The number of hydrogen-bond acceptors (Lipinski definition) is 8. The van der Waals surface area contributed by atoms with Gasteiger partial charge in [0, 0.05) is 36.6 Å². The highest BCUT2D eigenvalue weighted by Crippen LogP contribution is 2.44. The van der Waals surface area contributed by atoms with Crippen LogP contribution in [0.5, 0.6) is 17.2 Å². The van der Waals surface area contributed by atoms with E-state index in [1.165, 1.54) is 11.3 Å². The van der Waals surface area contributed by atoms with Crippen molar-refractivity contribution in [1.82, 2.24) is 15.3 Å². The minimum atomic E-state index is 0.350. The second kappa shape index (κ2) is 8.57. The van der Waals surface area contributed by atoms with Gasteiger partial charge in [-0.05, 0) is 31.5 Å². The maximum absolute atomic E-state index is 7.55. The Morgan fingerprint density at radius 2 is 1.87 bits per heavy atom. The number of nitrogens with zero attached hydrogens (tertiary/aromatic N) is 4. The fraction of sp³-hybridized carbons (Fsp3) is 0.409. The predicted octanol–water partition coefficient (Wildman–Crippen LogP) is 4.04. The smallest absolute Gasteiger partial charge is 0.246 e. The van der Waals surface area contributed by atoms with Crippen LogP contribution in [-0.4, -0.2) is 57.0 Å². The van der Waals surface area contributed by atoms with Crippen molar-refractivity contribution in [2.24, 2.45) is 0 Å². The van der Waals surface area contributed by atoms with Crippen molar-refractivity contribution in [3.63, 3.8) is 0 Å². The third kappa shape index (κ3) is 3.73. The second-order valence-electron chi connectivity index (χ2n) is 7.41. The van der Waals surface area contributed by atoms with Gasteiger partial charge in [-0.15, -0.1) is 11.3 Å². The molecule has 1 atom stereocenters. The molecule has 2 aromatic heterocycles. The quantitative estimate of drug-likeness (QED) is 0.602. The molecule has 1 unspecified atom stereocenters. The van der Waals surface area contributed by atoms with Gasteiger partial charge in [0.05, 0.1) is 27.9 Å². The Bertz CT molecular complexity index is 1150. The minimum Gasteiger partial charge on any atom is -0.493 e. The molecule has 9 heteroatoms. The number of nitrogens with one attached hydrogen (secondary N) is 1. The van der Waals surface area contributed by atoms with Gasteiger partial charge in [0.25, 0.3) is 0 Å². The molecule has 1 aromatic carbocycles. The number of aromatic nitrogens is 2. The Balaban J connectivity index is 1.95. The molecule has 0 saturated carbocycles. The molecule has 3 heterocycles. The summed E-state index contributed by atoms with van der Waals surface area (Å²) in [6, 6.07) is 4.05. The number of anilines is 1. The third-order valence-electron chi connectivity index (χ3n) is 5.44. The lowest BCUT2D eigenvalue weighted by atomic mass is 10.1. The lowest BCUT2D eigenvalue weighted by molar-refractivity contribution is 0.324. The fourth-order valence-corrected chi connectivity index (χ4v) is 4.87. The van der Waals surface area contributed by atoms with E-state index in [1.807, 2.05) is 19.1 Å². The van der Waals surface area contributed by atoms with Gasteiger partial charge in [-0.2, -0.15) is 0 Å². The average Bonchev–Trinajstić information content (AvgIpc) is 3.12. The first-order valence-corrected chi connectivity index (χ1v) is 10.8. The zero-order valence-electron chi connectivity index (χ0n) is 18.3. The zero-order chi connectivity index (χ0) is 22.1. The summed E-state index contributed by atoms with van der Waals surface area (Å²) in [6.45, 7) is 14.2. The molecular formula is C22H25N5O3S. The Morgan fingerprint density at radius 1 is 1.16 bits per heavy atom. The molecule has 0 amide bonds. The van der Waals surface area contributed by atoms with Gasteiger partial charge in [-0.3, -0.25) is 0 Å². The number of fused-ring (bicyclic) bond motifs is 1. The molecule has 0 bridgehead atoms. The second-order valence-corrected chi connectivity index (χ2v) is 8.39. The van der Waals surface area contributed by atoms with Crippen LogP contribution in [0.1, 0.15) is 12.5 Å². The first-order chi connectivity index (χ1) is 15.0. The molecule has 0 spiro atoms. The van der Waals surface area contributed by atoms with Crippen molar-refractivity contribution in [1.29, 1.82) is 0 Å². The van der Waals surface area contributed by atoms with Crippen LogP contribution < -0.4 is 24.4 Å². The minimum absolute atomic E-state index is 0.350. The number of rotatable bonds is 5. The maximum atomic E-state index is 7.55. The molecule has 8 nitrogen and oxygen atoms in total. The van der Waals surface area contributed by atoms with Gasteiger partial charge < -0.3 is 24.4 Å². The van der Waals surface area contributed by atoms with Crippen LogP contribution >= 0.6 is 11.3 Å². The van der Waals surface area contributed by atoms with Crippen LogP contribution in [-0.2, 0) is 0 Å². The summed E-state index contributed by atoms with van der Waals surface area (Å²) >= 11 is 1.40. The first-order valence-electron chi connectivity index (χ1n) is 9.98. The first kappa shape index (κ1) is 21.2. The molecule has 4 rings (SSSR count). The molecule has 1 aliphatic rings. The van der Waals surface area contributed by atoms with Crippen molar-refractivity contribution in [2.45, 2.75) is 19.9 Å². The van der Waals surface area contributed by atoms with E-state index in [9.17, 15) is 0 Å². The summed E-state index contributed by atoms with van der Waals surface area (Å²) in [7, 11) is 4.75. The Hall–Kier alpha value is -3.09. The number of aryl methyl sites for hydroxylation is 1. The van der Waals surface area contributed by atoms with Gasteiger partial charge in [0.15, 0.2) is 17.3 Å². The van der Waals surface area contributed by atoms with E-state index >= 15 is 0 Å². The van der Waals surface area contributed by atoms with Crippen LogP contribution in [0.15, 0.2) is 12.1 Å². The summed E-state index contributed by atoms with van der Waals surface area (Å²) in [6.07, 6.45) is 0. The third-order valence-corrected chi connectivity index (χ3v) is 6.52. The van der Waals surface area contributed by atoms with Crippen LogP contribution in [0, 0.1) is 13.5 Å². The highest BCUT2D eigenvalue weighted by molar-refractivity contribution is 7.22. The van der Waals surface area contributed by atoms with E-state index in [2.05, 4.69) is 22.0 Å². The van der Waals surface area contributed by atoms with Gasteiger partial charge in [0.1, 0.15) is 10.6 Å². The van der Waals surface area contributed by atoms with E-state index in [1.54, 1.807) is 21.3 Å². The Labute approximate surface area is 185 Å². The van der Waals surface area contributed by atoms with Crippen LogP contribution in [0.25, 0.3) is 26.4 Å². The molecule has 1 N–H and O–H groups in total. The number of hydrogen-bond donors (Lipinski definition) is 1. The molecule has 1 saturated heterocycles. The maximum Gasteiger partial charge on any atom is 0.246 e. The molecule has 1 aliphatic heterocycles. The number of ether oxygens (including phenoxy) is 3. The van der Waals surface area contributed by atoms with E-state index in [-0.39, 0.29) is 0 Å². The summed E-state index contributed by atoms with van der Waals surface area (Å²) in [4.78, 5) is 16.6. The number of benzene rings is 1. The molecular weight excluding hydrogens is 414 g/mol. The van der Waals surface area contributed by atoms with Crippen molar-refractivity contribution >= 4 is 32.4 Å². The standard InChI is InChI=1S/C22H25N5O3S/c1-12-11-27(8-7-24-12)20-17-13(2)21(23-3)31-22(17)26-19(25-20)14-9-15(28-4)18(30-6)16(10-14)29-5/h9-10,12,24H,7-8,11H2,1-2,4-6H3. The number of methoxy groups -OCH3 is 3. The van der Waals surface area contributed by atoms with Crippen molar-refractivity contribution in [3.05, 3.63) is 29.1 Å². The lowest BCUT2D eigenvalue weighted by Gasteiger charge is -2.33. The van der Waals surface area contributed by atoms with E-state index in [4.69, 9.17) is 30.8 Å². The van der Waals surface area contributed by atoms with Gasteiger partial charge >= 0.3 is 0 Å². The summed E-state index contributed by atoms with van der Waals surface area (Å²) in [5.41, 5.74) is 1.70. The Kier molecular flexibility index (Phi) is 5.85. The number of piperazine rings is 1. The number of thiophene rings is 1. The summed E-state index contributed by atoms with van der Waals surface area (Å²) in [5, 5.41) is 5.08. The van der Waals surface area contributed by atoms with Crippen LogP contribution in [0.3, 0.4) is 0 Å². The van der Waals surface area contributed by atoms with E-state index in [0.717, 1.165) is 46.8 Å². The molecule has 3 aromatic rings. The SMILES string of the molecule is [C-]#[N+]c1sc2nc(-c3cc(OC)c(OC)c(OC)c3)nc(N3CCNC(C)C3)c2c1C. The molecule has 31 heavy (non-hydrogen) atoms. The fourth-order valence-electron chi connectivity index (χ4n) is 3.91. The van der Waals surface area contributed by atoms with Gasteiger partial charge in [0.2, 0.25) is 10.8 Å². The van der Waals surface area contributed by atoms with Gasteiger partial charge in [-0.25, -0.2) is 14.8 Å². The zero-order valence-corrected chi connectivity index (χ0v) is 19.1. The summed E-state index contributed by atoms with van der Waals surface area (Å²) < 4.78 is 16.5. The average molecular weight is 440 g/mol. The predicted molar refractivity (Wildman–Crippen MR) is 123 cm³/mol. The monoisotopic (exact) mass is 439 g/mol. The van der Waals surface area contributed by atoms with Crippen molar-refractivity contribution < 1.29 is 14.2 Å². The largest absolute Gasteiger partial charge is 0.493 e. The lowest BCUT2D eigenvalue weighted by Crippen LogP contribution is -2.49. The normalized spacial score (nSPS) is 16.3. The van der Waals surface area contributed by atoms with E-state index < -0.39 is 0 Å².